The zero-order valence-corrected chi connectivity index (χ0v) is 11.4. The smallest absolute Gasteiger partial charge is 0.243 e. The van der Waals surface area contributed by atoms with Crippen LogP contribution in [0.1, 0.15) is 11.3 Å². The van der Waals surface area contributed by atoms with E-state index in [1.807, 2.05) is 16.8 Å². The number of benzene rings is 1. The molecule has 1 aliphatic rings. The second-order valence-electron chi connectivity index (χ2n) is 4.52. The van der Waals surface area contributed by atoms with E-state index in [4.69, 9.17) is 5.26 Å². The maximum absolute atomic E-state index is 12.5. The summed E-state index contributed by atoms with van der Waals surface area (Å²) in [6.45, 7) is 1.27. The monoisotopic (exact) mass is 288 g/mol. The Morgan fingerprint density at radius 2 is 1.90 bits per heavy atom. The first-order valence-electron chi connectivity index (χ1n) is 6.12. The van der Waals surface area contributed by atoms with Crippen molar-refractivity contribution in [3.05, 3.63) is 47.8 Å². The van der Waals surface area contributed by atoms with E-state index in [2.05, 4.69) is 5.10 Å². The van der Waals surface area contributed by atoms with Gasteiger partial charge in [0.05, 0.1) is 35.3 Å². The normalized spacial score (nSPS) is 15.6. The minimum Gasteiger partial charge on any atom is -0.267 e. The molecule has 102 valence electrons. The van der Waals surface area contributed by atoms with Gasteiger partial charge in [-0.25, -0.2) is 8.42 Å². The molecule has 1 aliphatic heterocycles. The van der Waals surface area contributed by atoms with Crippen LogP contribution in [0.5, 0.6) is 0 Å². The minimum atomic E-state index is -3.52. The molecule has 2 aromatic rings. The highest BCUT2D eigenvalue weighted by Gasteiger charge is 2.28. The molecule has 0 saturated heterocycles. The van der Waals surface area contributed by atoms with Gasteiger partial charge in [0.1, 0.15) is 0 Å². The lowest BCUT2D eigenvalue weighted by molar-refractivity contribution is 0.326. The van der Waals surface area contributed by atoms with Gasteiger partial charge < -0.3 is 0 Å². The van der Waals surface area contributed by atoms with Gasteiger partial charge in [-0.15, -0.1) is 0 Å². The Labute approximate surface area is 116 Å². The van der Waals surface area contributed by atoms with Gasteiger partial charge in [0, 0.05) is 12.7 Å². The van der Waals surface area contributed by atoms with Gasteiger partial charge in [-0.05, 0) is 30.3 Å². The van der Waals surface area contributed by atoms with Crippen molar-refractivity contribution in [2.45, 2.75) is 18.0 Å². The number of sulfonamides is 1. The SMILES string of the molecule is N#Cc1ccc(S(=O)(=O)N2CCn3nccc3C2)cc1. The lowest BCUT2D eigenvalue weighted by Gasteiger charge is -2.26. The highest BCUT2D eigenvalue weighted by Crippen LogP contribution is 2.21. The average molecular weight is 288 g/mol. The summed E-state index contributed by atoms with van der Waals surface area (Å²) >= 11 is 0. The van der Waals surface area contributed by atoms with Crippen LogP contribution < -0.4 is 0 Å². The predicted molar refractivity (Wildman–Crippen MR) is 71.0 cm³/mol. The molecular formula is C13H12N4O2S. The summed E-state index contributed by atoms with van der Waals surface area (Å²) < 4.78 is 28.3. The molecule has 1 aromatic heterocycles. The summed E-state index contributed by atoms with van der Waals surface area (Å²) in [5.41, 5.74) is 1.33. The molecule has 0 fully saturated rings. The van der Waals surface area contributed by atoms with E-state index in [9.17, 15) is 8.42 Å². The third-order valence-electron chi connectivity index (χ3n) is 3.33. The molecule has 0 amide bonds. The van der Waals surface area contributed by atoms with Gasteiger partial charge in [0.15, 0.2) is 0 Å². The quantitative estimate of drug-likeness (QED) is 0.824. The summed E-state index contributed by atoms with van der Waals surface area (Å²) in [4.78, 5) is 0.212. The number of nitriles is 1. The average Bonchev–Trinajstić information content (AvgIpc) is 2.94. The van der Waals surface area contributed by atoms with E-state index in [0.29, 0.717) is 25.2 Å². The van der Waals surface area contributed by atoms with Gasteiger partial charge in [0.2, 0.25) is 10.0 Å². The molecule has 7 heteroatoms. The molecule has 0 saturated carbocycles. The van der Waals surface area contributed by atoms with E-state index < -0.39 is 10.0 Å². The molecule has 0 atom stereocenters. The van der Waals surface area contributed by atoms with Gasteiger partial charge >= 0.3 is 0 Å². The fourth-order valence-corrected chi connectivity index (χ4v) is 3.62. The molecule has 0 radical (unpaired) electrons. The van der Waals surface area contributed by atoms with Crippen molar-refractivity contribution in [1.29, 1.82) is 5.26 Å². The Morgan fingerprint density at radius 3 is 2.60 bits per heavy atom. The van der Waals surface area contributed by atoms with Gasteiger partial charge in [-0.3, -0.25) is 4.68 Å². The fraction of sp³-hybridized carbons (Fsp3) is 0.231. The molecule has 0 spiro atoms. The van der Waals surface area contributed by atoms with Crippen LogP contribution in [0.3, 0.4) is 0 Å². The van der Waals surface area contributed by atoms with Crippen LogP contribution >= 0.6 is 0 Å². The van der Waals surface area contributed by atoms with Gasteiger partial charge in [0.25, 0.3) is 0 Å². The zero-order valence-electron chi connectivity index (χ0n) is 10.6. The number of aromatic nitrogens is 2. The number of hydrogen-bond acceptors (Lipinski definition) is 4. The van der Waals surface area contributed by atoms with E-state index in [1.54, 1.807) is 6.20 Å². The van der Waals surface area contributed by atoms with Crippen LogP contribution in [0, 0.1) is 11.3 Å². The van der Waals surface area contributed by atoms with E-state index in [-0.39, 0.29) is 4.90 Å². The van der Waals surface area contributed by atoms with Crippen LogP contribution in [0.2, 0.25) is 0 Å². The van der Waals surface area contributed by atoms with Crippen molar-refractivity contribution < 1.29 is 8.42 Å². The number of nitrogens with zero attached hydrogens (tertiary/aromatic N) is 4. The van der Waals surface area contributed by atoms with Gasteiger partial charge in [-0.1, -0.05) is 0 Å². The van der Waals surface area contributed by atoms with Crippen molar-refractivity contribution in [3.63, 3.8) is 0 Å². The first-order valence-corrected chi connectivity index (χ1v) is 7.56. The topological polar surface area (TPSA) is 79.0 Å². The number of fused-ring (bicyclic) bond motifs is 1. The van der Waals surface area contributed by atoms with Crippen LogP contribution in [-0.4, -0.2) is 29.0 Å². The third kappa shape index (κ3) is 2.09. The second-order valence-corrected chi connectivity index (χ2v) is 6.46. The fourth-order valence-electron chi connectivity index (χ4n) is 2.22. The summed E-state index contributed by atoms with van der Waals surface area (Å²) in [5.74, 6) is 0. The predicted octanol–water partition coefficient (Wildman–Crippen LogP) is 0.959. The molecule has 0 bridgehead atoms. The Morgan fingerprint density at radius 1 is 1.15 bits per heavy atom. The molecule has 2 heterocycles. The van der Waals surface area contributed by atoms with E-state index >= 15 is 0 Å². The van der Waals surface area contributed by atoms with Crippen molar-refractivity contribution in [2.75, 3.05) is 6.54 Å². The Bertz CT molecular complexity index is 771. The third-order valence-corrected chi connectivity index (χ3v) is 5.18. The van der Waals surface area contributed by atoms with Crippen molar-refractivity contribution in [2.24, 2.45) is 0 Å². The maximum atomic E-state index is 12.5. The molecule has 0 aliphatic carbocycles. The largest absolute Gasteiger partial charge is 0.267 e. The highest BCUT2D eigenvalue weighted by molar-refractivity contribution is 7.89. The van der Waals surface area contributed by atoms with Crippen molar-refractivity contribution in [1.82, 2.24) is 14.1 Å². The molecule has 3 rings (SSSR count). The van der Waals surface area contributed by atoms with E-state index in [1.165, 1.54) is 28.6 Å². The standard InChI is InChI=1S/C13H12N4O2S/c14-9-11-1-3-13(4-2-11)20(18,19)16-7-8-17-12(10-16)5-6-15-17/h1-6H,7-8,10H2. The molecule has 1 aromatic carbocycles. The minimum absolute atomic E-state index is 0.212. The molecule has 0 N–H and O–H groups in total. The first kappa shape index (κ1) is 12.8. The summed E-state index contributed by atoms with van der Waals surface area (Å²) in [6, 6.07) is 9.77. The van der Waals surface area contributed by atoms with Crippen LogP contribution in [0.15, 0.2) is 41.4 Å². The van der Waals surface area contributed by atoms with Crippen molar-refractivity contribution >= 4 is 10.0 Å². The Balaban J connectivity index is 1.91. The molecule has 20 heavy (non-hydrogen) atoms. The van der Waals surface area contributed by atoms with Crippen LogP contribution in [0.25, 0.3) is 0 Å². The molecule has 0 unspecified atom stereocenters. The summed E-state index contributed by atoms with van der Waals surface area (Å²) in [7, 11) is -3.52. The first-order chi connectivity index (χ1) is 9.61. The Kier molecular flexibility index (Phi) is 3.04. The zero-order chi connectivity index (χ0) is 14.2. The van der Waals surface area contributed by atoms with Gasteiger partial charge in [-0.2, -0.15) is 14.7 Å². The maximum Gasteiger partial charge on any atom is 0.243 e. The number of hydrogen-bond donors (Lipinski definition) is 0. The highest BCUT2D eigenvalue weighted by atomic mass is 32.2. The molecule has 6 nitrogen and oxygen atoms in total. The van der Waals surface area contributed by atoms with Crippen LogP contribution in [-0.2, 0) is 23.1 Å². The van der Waals surface area contributed by atoms with Crippen molar-refractivity contribution in [3.8, 4) is 6.07 Å². The summed E-state index contributed by atoms with van der Waals surface area (Å²) in [5, 5.41) is 12.9. The molecular weight excluding hydrogens is 276 g/mol. The lowest BCUT2D eigenvalue weighted by atomic mass is 10.2. The Hall–Kier alpha value is -2.17. The van der Waals surface area contributed by atoms with Crippen LogP contribution in [0.4, 0.5) is 0 Å². The van der Waals surface area contributed by atoms with E-state index in [0.717, 1.165) is 5.69 Å². The lowest BCUT2D eigenvalue weighted by Crippen LogP contribution is -2.38. The second kappa shape index (κ2) is 4.74. The summed E-state index contributed by atoms with van der Waals surface area (Å²) in [6.07, 6.45) is 1.67. The number of rotatable bonds is 2.